The number of para-hydroxylation sites is 1. The van der Waals surface area contributed by atoms with Crippen LogP contribution in [-0.4, -0.2) is 36.7 Å². The average molecular weight is 535 g/mol. The molecule has 0 unspecified atom stereocenters. The van der Waals surface area contributed by atoms with Crippen molar-refractivity contribution < 1.29 is 18.6 Å². The van der Waals surface area contributed by atoms with Gasteiger partial charge in [0.1, 0.15) is 30.2 Å². The Hall–Kier alpha value is -1.90. The number of nitrogens with zero attached hydrogens (tertiary/aromatic N) is 1. The molecule has 0 fully saturated rings. The topological polar surface area (TPSA) is 62.5 Å². The number of halogens is 1. The molecule has 1 aromatic heterocycles. The van der Waals surface area contributed by atoms with Gasteiger partial charge in [0.2, 0.25) is 0 Å². The molecule has 31 heavy (non-hydrogen) atoms. The van der Waals surface area contributed by atoms with Gasteiger partial charge in [-0.1, -0.05) is 31.5 Å². The second-order valence-electron chi connectivity index (χ2n) is 7.74. The number of ketones is 1. The van der Waals surface area contributed by atoms with Crippen molar-refractivity contribution in [3.63, 3.8) is 0 Å². The van der Waals surface area contributed by atoms with Gasteiger partial charge < -0.3 is 19.0 Å². The van der Waals surface area contributed by atoms with Gasteiger partial charge in [0.15, 0.2) is 5.78 Å². The van der Waals surface area contributed by atoms with Gasteiger partial charge in [-0.3, -0.25) is 4.79 Å². The first-order valence-electron chi connectivity index (χ1n) is 11.0. The van der Waals surface area contributed by atoms with Crippen LogP contribution in [0.15, 0.2) is 46.9 Å². The SMILES string of the molecule is CCCCc1oc2ccccc2c1C(=O)c1ccc(OCC[N+]([O-])(CC)CC)c(I)c1. The largest absolute Gasteiger partial charge is 0.633 e. The summed E-state index contributed by atoms with van der Waals surface area (Å²) in [5.41, 5.74) is 2.02. The van der Waals surface area contributed by atoms with E-state index in [1.54, 1.807) is 6.07 Å². The summed E-state index contributed by atoms with van der Waals surface area (Å²) >= 11 is 2.18. The fourth-order valence-corrected chi connectivity index (χ4v) is 4.29. The molecule has 5 nitrogen and oxygen atoms in total. The van der Waals surface area contributed by atoms with Crippen LogP contribution in [0.4, 0.5) is 0 Å². The summed E-state index contributed by atoms with van der Waals surface area (Å²) in [5, 5.41) is 13.3. The van der Waals surface area contributed by atoms with Gasteiger partial charge in [0.05, 0.1) is 22.2 Å². The first kappa shape index (κ1) is 23.8. The van der Waals surface area contributed by atoms with Gasteiger partial charge in [-0.15, -0.1) is 0 Å². The molecular weight excluding hydrogens is 505 g/mol. The minimum atomic E-state index is -0.263. The van der Waals surface area contributed by atoms with Crippen LogP contribution in [0, 0.1) is 8.78 Å². The van der Waals surface area contributed by atoms with Crippen molar-refractivity contribution in [3.8, 4) is 5.75 Å². The van der Waals surface area contributed by atoms with Crippen LogP contribution in [0.1, 0.15) is 55.3 Å². The maximum atomic E-state index is 13.4. The minimum absolute atomic E-state index is 0.0345. The quantitative estimate of drug-likeness (QED) is 0.124. The molecule has 0 amide bonds. The van der Waals surface area contributed by atoms with Crippen molar-refractivity contribution in [2.45, 2.75) is 40.0 Å². The number of hydrogen-bond acceptors (Lipinski definition) is 4. The molecule has 6 heteroatoms. The highest BCUT2D eigenvalue weighted by Crippen LogP contribution is 2.31. The standard InChI is InChI=1S/C25H30INO4/c1-4-7-11-23-24(19-10-8-9-12-21(19)31-23)25(28)18-13-14-22(20(26)17-18)30-16-15-27(29,5-2)6-3/h8-10,12-14,17H,4-7,11,15-16H2,1-3H3. The molecule has 0 saturated carbocycles. The summed E-state index contributed by atoms with van der Waals surface area (Å²) in [7, 11) is 0. The summed E-state index contributed by atoms with van der Waals surface area (Å²) in [6.07, 6.45) is 2.75. The molecule has 0 aliphatic rings. The van der Waals surface area contributed by atoms with E-state index in [9.17, 15) is 10.0 Å². The molecule has 1 heterocycles. The van der Waals surface area contributed by atoms with Crippen LogP contribution < -0.4 is 4.74 Å². The molecule has 0 aliphatic carbocycles. The zero-order valence-corrected chi connectivity index (χ0v) is 20.6. The molecule has 2 aromatic carbocycles. The molecule has 0 radical (unpaired) electrons. The fourth-order valence-electron chi connectivity index (χ4n) is 3.62. The monoisotopic (exact) mass is 535 g/mol. The van der Waals surface area contributed by atoms with E-state index in [0.29, 0.717) is 43.1 Å². The summed E-state index contributed by atoms with van der Waals surface area (Å²) in [6.45, 7) is 7.74. The van der Waals surface area contributed by atoms with Crippen LogP contribution in [0.5, 0.6) is 5.75 Å². The number of rotatable bonds is 11. The Kier molecular flexibility index (Phi) is 8.13. The summed E-state index contributed by atoms with van der Waals surface area (Å²) < 4.78 is 12.5. The summed E-state index contributed by atoms with van der Waals surface area (Å²) in [4.78, 5) is 13.4. The lowest BCUT2D eigenvalue weighted by Gasteiger charge is -2.40. The Morgan fingerprint density at radius 1 is 1.13 bits per heavy atom. The smallest absolute Gasteiger partial charge is 0.197 e. The second kappa shape index (κ2) is 10.6. The normalized spacial score (nSPS) is 11.8. The second-order valence-corrected chi connectivity index (χ2v) is 8.90. The van der Waals surface area contributed by atoms with Gasteiger partial charge >= 0.3 is 0 Å². The highest BCUT2D eigenvalue weighted by atomic mass is 127. The van der Waals surface area contributed by atoms with Gasteiger partial charge in [-0.05, 0) is 67.1 Å². The molecule has 0 spiro atoms. The van der Waals surface area contributed by atoms with Crippen LogP contribution >= 0.6 is 22.6 Å². The van der Waals surface area contributed by atoms with Crippen molar-refractivity contribution in [2.24, 2.45) is 0 Å². The summed E-state index contributed by atoms with van der Waals surface area (Å²) in [6, 6.07) is 13.2. The number of unbranched alkanes of at least 4 members (excludes halogenated alkanes) is 1. The van der Waals surface area contributed by atoms with Gasteiger partial charge in [0, 0.05) is 17.4 Å². The molecule has 0 atom stereocenters. The van der Waals surface area contributed by atoms with Crippen LogP contribution in [0.3, 0.4) is 0 Å². The van der Waals surface area contributed by atoms with Crippen molar-refractivity contribution in [1.29, 1.82) is 0 Å². The predicted molar refractivity (Wildman–Crippen MR) is 132 cm³/mol. The number of hydroxylamine groups is 3. The third-order valence-electron chi connectivity index (χ3n) is 5.76. The Morgan fingerprint density at radius 3 is 2.55 bits per heavy atom. The highest BCUT2D eigenvalue weighted by molar-refractivity contribution is 14.1. The number of benzene rings is 2. The van der Waals surface area contributed by atoms with Gasteiger partial charge in [0.25, 0.3) is 0 Å². The molecule has 3 rings (SSSR count). The lowest BCUT2D eigenvalue weighted by molar-refractivity contribution is -0.877. The lowest BCUT2D eigenvalue weighted by atomic mass is 9.98. The Morgan fingerprint density at radius 2 is 1.87 bits per heavy atom. The van der Waals surface area contributed by atoms with E-state index in [2.05, 4.69) is 29.5 Å². The molecule has 0 aliphatic heterocycles. The number of quaternary nitrogens is 1. The van der Waals surface area contributed by atoms with E-state index >= 15 is 0 Å². The molecule has 0 N–H and O–H groups in total. The average Bonchev–Trinajstić information content (AvgIpc) is 3.16. The molecule has 0 bridgehead atoms. The van der Waals surface area contributed by atoms with Crippen LogP contribution in [0.2, 0.25) is 0 Å². The molecule has 0 saturated heterocycles. The maximum absolute atomic E-state index is 13.4. The van der Waals surface area contributed by atoms with Crippen molar-refractivity contribution in [2.75, 3.05) is 26.2 Å². The van der Waals surface area contributed by atoms with E-state index in [1.807, 2.05) is 50.2 Å². The Labute approximate surface area is 197 Å². The number of ether oxygens (including phenoxy) is 1. The number of hydrogen-bond donors (Lipinski definition) is 0. The third kappa shape index (κ3) is 5.48. The fraction of sp³-hybridized carbons (Fsp3) is 0.400. The van der Waals surface area contributed by atoms with Crippen molar-refractivity contribution in [1.82, 2.24) is 0 Å². The van der Waals surface area contributed by atoms with E-state index in [4.69, 9.17) is 9.15 Å². The number of likely N-dealkylation sites (N-methyl/N-ethyl adjacent to an activating group) is 1. The van der Waals surface area contributed by atoms with Crippen molar-refractivity contribution >= 4 is 39.3 Å². The number of fused-ring (bicyclic) bond motifs is 1. The Bertz CT molecular complexity index is 1040. The van der Waals surface area contributed by atoms with E-state index in [-0.39, 0.29) is 10.4 Å². The predicted octanol–water partition coefficient (Wildman–Crippen LogP) is 6.34. The first-order valence-corrected chi connectivity index (χ1v) is 12.0. The Balaban J connectivity index is 1.82. The van der Waals surface area contributed by atoms with Crippen molar-refractivity contribution in [3.05, 3.63) is 68.1 Å². The number of aryl methyl sites for hydroxylation is 1. The number of carbonyl (C=O) groups is 1. The van der Waals surface area contributed by atoms with Crippen LogP contribution in [-0.2, 0) is 6.42 Å². The molecular formula is C25H30INO4. The van der Waals surface area contributed by atoms with E-state index in [1.165, 1.54) is 0 Å². The van der Waals surface area contributed by atoms with Gasteiger partial charge in [-0.25, -0.2) is 0 Å². The van der Waals surface area contributed by atoms with Gasteiger partial charge in [-0.2, -0.15) is 0 Å². The zero-order valence-electron chi connectivity index (χ0n) is 18.4. The lowest BCUT2D eigenvalue weighted by Crippen LogP contribution is -2.44. The maximum Gasteiger partial charge on any atom is 0.197 e. The molecule has 3 aromatic rings. The van der Waals surface area contributed by atoms with E-state index in [0.717, 1.165) is 39.6 Å². The van der Waals surface area contributed by atoms with E-state index < -0.39 is 0 Å². The third-order valence-corrected chi connectivity index (χ3v) is 6.60. The molecule has 166 valence electrons. The summed E-state index contributed by atoms with van der Waals surface area (Å²) in [5.74, 6) is 1.42. The van der Waals surface area contributed by atoms with Crippen LogP contribution in [0.25, 0.3) is 11.0 Å². The minimum Gasteiger partial charge on any atom is -0.633 e. The number of furan rings is 1. The first-order chi connectivity index (χ1) is 14.9. The number of carbonyl (C=O) groups excluding carboxylic acids is 1. The highest BCUT2D eigenvalue weighted by Gasteiger charge is 2.22. The zero-order chi connectivity index (χ0) is 22.4.